The fourth-order valence-electron chi connectivity index (χ4n) is 6.77. The van der Waals surface area contributed by atoms with Crippen molar-refractivity contribution < 1.29 is 0 Å². The summed E-state index contributed by atoms with van der Waals surface area (Å²) >= 11 is 1.85. The molecular weight excluding hydrogens is 593 g/mol. The van der Waals surface area contributed by atoms with Crippen molar-refractivity contribution >= 4 is 60.9 Å². The van der Waals surface area contributed by atoms with Gasteiger partial charge >= 0.3 is 0 Å². The summed E-state index contributed by atoms with van der Waals surface area (Å²) in [5.41, 5.74) is 9.88. The second-order valence-corrected chi connectivity index (χ2v) is 12.7. The molecular formula is C42H28N4S. The van der Waals surface area contributed by atoms with Crippen LogP contribution in [-0.2, 0) is 0 Å². The lowest BCUT2D eigenvalue weighted by Crippen LogP contribution is -2.06. The van der Waals surface area contributed by atoms with Crippen molar-refractivity contribution in [1.82, 2.24) is 19.5 Å². The molecule has 0 unspecified atom stereocenters. The first kappa shape index (κ1) is 27.5. The predicted molar refractivity (Wildman–Crippen MR) is 198 cm³/mol. The highest BCUT2D eigenvalue weighted by Crippen LogP contribution is 2.46. The maximum Gasteiger partial charge on any atom is 0.235 e. The highest BCUT2D eigenvalue weighted by atomic mass is 32.2. The normalized spacial score (nSPS) is 14.6. The Kier molecular flexibility index (Phi) is 6.58. The van der Waals surface area contributed by atoms with Gasteiger partial charge in [-0.2, -0.15) is 0 Å². The van der Waals surface area contributed by atoms with Gasteiger partial charge in [0.2, 0.25) is 5.95 Å². The van der Waals surface area contributed by atoms with E-state index in [1.54, 1.807) is 0 Å². The van der Waals surface area contributed by atoms with Crippen molar-refractivity contribution in [1.29, 1.82) is 0 Å². The van der Waals surface area contributed by atoms with Gasteiger partial charge in [-0.1, -0.05) is 128 Å². The largest absolute Gasteiger partial charge is 0.277 e. The quantitative estimate of drug-likeness (QED) is 0.197. The molecule has 8 aromatic rings. The number of allylic oxidation sites excluding steroid dienone is 4. The summed E-state index contributed by atoms with van der Waals surface area (Å²) in [6, 6.07) is 40.3. The highest BCUT2D eigenvalue weighted by molar-refractivity contribution is 7.99. The van der Waals surface area contributed by atoms with E-state index in [-0.39, 0.29) is 0 Å². The Balaban J connectivity index is 1.38. The molecule has 0 bridgehead atoms. The van der Waals surface area contributed by atoms with Crippen LogP contribution in [0.3, 0.4) is 0 Å². The summed E-state index contributed by atoms with van der Waals surface area (Å²) in [4.78, 5) is 16.6. The van der Waals surface area contributed by atoms with E-state index in [2.05, 4.69) is 133 Å². The van der Waals surface area contributed by atoms with Crippen molar-refractivity contribution in [3.8, 4) is 28.3 Å². The number of para-hydroxylation sites is 1. The van der Waals surface area contributed by atoms with E-state index in [0.29, 0.717) is 5.95 Å². The first-order chi connectivity index (χ1) is 23.3. The zero-order chi connectivity index (χ0) is 31.3. The lowest BCUT2D eigenvalue weighted by molar-refractivity contribution is 1.01. The molecule has 5 heteroatoms. The third kappa shape index (κ3) is 4.50. The number of rotatable bonds is 3. The molecule has 3 aromatic heterocycles. The lowest BCUT2D eigenvalue weighted by atomic mass is 9.96. The average molecular weight is 621 g/mol. The Morgan fingerprint density at radius 2 is 1.38 bits per heavy atom. The molecule has 0 aliphatic carbocycles. The molecule has 0 N–H and O–H groups in total. The van der Waals surface area contributed by atoms with Gasteiger partial charge < -0.3 is 0 Å². The monoisotopic (exact) mass is 620 g/mol. The standard InChI is InChI=1S/C42H28N4S/c1-27-13-4-3-11-26-47-41-32-17-8-7-16-31(32)37-33-18-9-10-20-35(33)46(40(37)36(27)41)42-44-34-19-12-25-43-39(34)38(45-42)30-23-21-29(22-24-30)28-14-5-2-6-15-28/h2-25H,1,26H2/b11-3-,13-4-. The molecule has 222 valence electrons. The van der Waals surface area contributed by atoms with Gasteiger partial charge in [0.25, 0.3) is 0 Å². The maximum atomic E-state index is 5.35. The van der Waals surface area contributed by atoms with Crippen LogP contribution in [0.2, 0.25) is 0 Å². The van der Waals surface area contributed by atoms with Crippen LogP contribution in [0.1, 0.15) is 5.56 Å². The second-order valence-electron chi connectivity index (χ2n) is 11.6. The van der Waals surface area contributed by atoms with Crippen molar-refractivity contribution in [3.63, 3.8) is 0 Å². The summed E-state index contributed by atoms with van der Waals surface area (Å²) in [7, 11) is 0. The minimum atomic E-state index is 0.607. The number of pyridine rings is 1. The van der Waals surface area contributed by atoms with Gasteiger partial charge in [0.05, 0.1) is 16.6 Å². The number of hydrogen-bond acceptors (Lipinski definition) is 4. The molecule has 0 saturated heterocycles. The number of benzene rings is 5. The maximum absolute atomic E-state index is 5.35. The molecule has 0 atom stereocenters. The smallest absolute Gasteiger partial charge is 0.235 e. The van der Waals surface area contributed by atoms with Gasteiger partial charge in [0, 0.05) is 38.7 Å². The number of hydrogen-bond donors (Lipinski definition) is 0. The number of thioether (sulfide) groups is 1. The van der Waals surface area contributed by atoms with Crippen molar-refractivity contribution in [2.24, 2.45) is 0 Å². The van der Waals surface area contributed by atoms with E-state index in [0.717, 1.165) is 61.2 Å². The zero-order valence-corrected chi connectivity index (χ0v) is 26.3. The van der Waals surface area contributed by atoms with E-state index < -0.39 is 0 Å². The molecule has 0 amide bonds. The minimum absolute atomic E-state index is 0.607. The van der Waals surface area contributed by atoms with E-state index in [1.165, 1.54) is 26.6 Å². The summed E-state index contributed by atoms with van der Waals surface area (Å²) in [6.07, 6.45) is 10.3. The predicted octanol–water partition coefficient (Wildman–Crippen LogP) is 10.8. The van der Waals surface area contributed by atoms with E-state index in [9.17, 15) is 0 Å². The van der Waals surface area contributed by atoms with Gasteiger partial charge in [-0.25, -0.2) is 9.97 Å². The van der Waals surface area contributed by atoms with Crippen LogP contribution in [0.15, 0.2) is 157 Å². The van der Waals surface area contributed by atoms with E-state index in [4.69, 9.17) is 15.0 Å². The Morgan fingerprint density at radius 1 is 0.660 bits per heavy atom. The number of nitrogens with zero attached hydrogens (tertiary/aromatic N) is 4. The average Bonchev–Trinajstić information content (AvgIpc) is 3.51. The molecule has 5 aromatic carbocycles. The first-order valence-electron chi connectivity index (χ1n) is 15.7. The zero-order valence-electron chi connectivity index (χ0n) is 25.5. The van der Waals surface area contributed by atoms with Crippen LogP contribution in [0, 0.1) is 0 Å². The Hall–Kier alpha value is -5.78. The molecule has 47 heavy (non-hydrogen) atoms. The summed E-state index contributed by atoms with van der Waals surface area (Å²) in [6.45, 7) is 4.61. The molecule has 1 aliphatic heterocycles. The topological polar surface area (TPSA) is 43.6 Å². The van der Waals surface area contributed by atoms with Crippen molar-refractivity contribution in [3.05, 3.63) is 158 Å². The van der Waals surface area contributed by atoms with Crippen LogP contribution in [0.25, 0.3) is 77.5 Å². The molecule has 4 nitrogen and oxygen atoms in total. The molecule has 1 aliphatic rings. The first-order valence-corrected chi connectivity index (χ1v) is 16.7. The van der Waals surface area contributed by atoms with E-state index >= 15 is 0 Å². The molecule has 9 rings (SSSR count). The third-order valence-electron chi connectivity index (χ3n) is 8.88. The Bertz CT molecular complexity index is 2580. The molecule has 0 saturated carbocycles. The third-order valence-corrected chi connectivity index (χ3v) is 9.95. The lowest BCUT2D eigenvalue weighted by Gasteiger charge is -2.18. The molecule has 4 heterocycles. The van der Waals surface area contributed by atoms with Crippen LogP contribution in [0.4, 0.5) is 0 Å². The molecule has 0 radical (unpaired) electrons. The Morgan fingerprint density at radius 3 is 2.23 bits per heavy atom. The van der Waals surface area contributed by atoms with Crippen LogP contribution in [-0.4, -0.2) is 25.3 Å². The van der Waals surface area contributed by atoms with Gasteiger partial charge in [-0.05, 0) is 45.7 Å². The minimum Gasteiger partial charge on any atom is -0.277 e. The summed E-state index contributed by atoms with van der Waals surface area (Å²) in [5.74, 6) is 1.47. The van der Waals surface area contributed by atoms with Crippen LogP contribution < -0.4 is 0 Å². The van der Waals surface area contributed by atoms with E-state index in [1.807, 2.05) is 36.2 Å². The molecule has 0 fully saturated rings. The van der Waals surface area contributed by atoms with Crippen LogP contribution >= 0.6 is 11.8 Å². The van der Waals surface area contributed by atoms with Gasteiger partial charge in [0.1, 0.15) is 11.2 Å². The second kappa shape index (κ2) is 11.2. The van der Waals surface area contributed by atoms with Crippen molar-refractivity contribution in [2.75, 3.05) is 5.75 Å². The number of aromatic nitrogens is 4. The van der Waals surface area contributed by atoms with Gasteiger partial charge in [-0.3, -0.25) is 9.55 Å². The fraction of sp³-hybridized carbons (Fsp3) is 0.0238. The molecule has 0 spiro atoms. The van der Waals surface area contributed by atoms with Gasteiger partial charge in [-0.15, -0.1) is 11.8 Å². The van der Waals surface area contributed by atoms with Gasteiger partial charge in [0.15, 0.2) is 0 Å². The van der Waals surface area contributed by atoms with Crippen molar-refractivity contribution in [2.45, 2.75) is 4.90 Å². The SMILES string of the molecule is C=C1/C=C\C=C/CSc2c1c1c(c3ccccc23)c2ccccc2n1-c1nc(-c2ccc(-c3ccccc3)cc2)c2ncccc2n1. The number of fused-ring (bicyclic) bond motifs is 9. The fourth-order valence-corrected chi connectivity index (χ4v) is 7.85. The summed E-state index contributed by atoms with van der Waals surface area (Å²) in [5, 5.41) is 4.78. The Labute approximate surface area is 276 Å². The highest BCUT2D eigenvalue weighted by Gasteiger charge is 2.25. The van der Waals surface area contributed by atoms with Crippen LogP contribution in [0.5, 0.6) is 0 Å². The summed E-state index contributed by atoms with van der Waals surface area (Å²) < 4.78 is 2.25.